The summed E-state index contributed by atoms with van der Waals surface area (Å²) in [7, 11) is -4.72. The number of aliphatic hydroxyl groups is 2. The lowest BCUT2D eigenvalue weighted by Gasteiger charge is -2.43. The zero-order valence-electron chi connectivity index (χ0n) is 10.1. The minimum atomic E-state index is -4.72. The van der Waals surface area contributed by atoms with Gasteiger partial charge in [-0.25, -0.2) is 0 Å². The molecule has 1 aliphatic rings. The molecule has 0 amide bonds. The summed E-state index contributed by atoms with van der Waals surface area (Å²) >= 11 is 0. The molecule has 3 N–H and O–H groups in total. The smallest absolute Gasteiger partial charge is 0.298 e. The van der Waals surface area contributed by atoms with Crippen molar-refractivity contribution >= 4 is 10.1 Å². The van der Waals surface area contributed by atoms with E-state index in [1.54, 1.807) is 13.0 Å². The maximum atomic E-state index is 11.2. The van der Waals surface area contributed by atoms with E-state index < -0.39 is 26.6 Å². The molecule has 1 aliphatic carbocycles. The molecule has 0 aromatic heterocycles. The Morgan fingerprint density at radius 3 is 2.53 bits per heavy atom. The second-order valence-electron chi connectivity index (χ2n) is 4.94. The van der Waals surface area contributed by atoms with Gasteiger partial charge in [-0.2, -0.15) is 8.42 Å². The van der Waals surface area contributed by atoms with Gasteiger partial charge in [-0.1, -0.05) is 38.8 Å². The average Bonchev–Trinajstić information content (AvgIpc) is 2.22. The minimum Gasteiger partial charge on any atom is -0.388 e. The second-order valence-corrected chi connectivity index (χ2v) is 6.60. The van der Waals surface area contributed by atoms with Crippen LogP contribution in [-0.4, -0.2) is 34.2 Å². The Morgan fingerprint density at radius 1 is 1.47 bits per heavy atom. The summed E-state index contributed by atoms with van der Waals surface area (Å²) in [6, 6.07) is 0. The van der Waals surface area contributed by atoms with E-state index in [1.165, 1.54) is 6.08 Å². The monoisotopic (exact) mass is 264 g/mol. The molecule has 6 heteroatoms. The number of hydrogen-bond acceptors (Lipinski definition) is 4. The Hall–Kier alpha value is -0.430. The van der Waals surface area contributed by atoms with Crippen LogP contribution in [0, 0.1) is 5.41 Å². The first-order chi connectivity index (χ1) is 7.67. The second kappa shape index (κ2) is 4.68. The van der Waals surface area contributed by atoms with Crippen LogP contribution in [0.25, 0.3) is 0 Å². The van der Waals surface area contributed by atoms with E-state index in [2.05, 4.69) is 0 Å². The summed E-state index contributed by atoms with van der Waals surface area (Å²) in [5.41, 5.74) is -0.835. The van der Waals surface area contributed by atoms with E-state index in [9.17, 15) is 18.6 Å². The van der Waals surface area contributed by atoms with E-state index in [0.29, 0.717) is 6.42 Å². The third-order valence-electron chi connectivity index (χ3n) is 3.48. The molecule has 0 saturated carbocycles. The van der Waals surface area contributed by atoms with Crippen molar-refractivity contribution in [2.24, 2.45) is 5.41 Å². The molecule has 17 heavy (non-hydrogen) atoms. The summed E-state index contributed by atoms with van der Waals surface area (Å²) in [5.74, 6) is 0. The van der Waals surface area contributed by atoms with Gasteiger partial charge >= 0.3 is 0 Å². The molecular formula is C11H20O5S. The molecule has 100 valence electrons. The zero-order valence-corrected chi connectivity index (χ0v) is 10.9. The third kappa shape index (κ3) is 2.54. The predicted octanol–water partition coefficient (Wildman–Crippen LogP) is 1.08. The maximum absolute atomic E-state index is 11.2. The molecule has 5 nitrogen and oxygen atoms in total. The van der Waals surface area contributed by atoms with Gasteiger partial charge in [0.15, 0.2) is 0 Å². The van der Waals surface area contributed by atoms with Gasteiger partial charge in [-0.05, 0) is 6.42 Å². The van der Waals surface area contributed by atoms with Crippen molar-refractivity contribution in [3.05, 3.63) is 12.2 Å². The van der Waals surface area contributed by atoms with Gasteiger partial charge in [0.2, 0.25) is 4.93 Å². The quantitative estimate of drug-likeness (QED) is 0.521. The molecule has 1 rings (SSSR count). The molecule has 0 fully saturated rings. The fraction of sp³-hybridized carbons (Fsp3) is 0.818. The largest absolute Gasteiger partial charge is 0.388 e. The molecule has 0 bridgehead atoms. The zero-order chi connectivity index (χ0) is 13.3. The van der Waals surface area contributed by atoms with Crippen LogP contribution in [0.5, 0.6) is 0 Å². The Morgan fingerprint density at radius 2 is 2.06 bits per heavy atom. The van der Waals surface area contributed by atoms with Gasteiger partial charge in [-0.15, -0.1) is 0 Å². The van der Waals surface area contributed by atoms with Gasteiger partial charge in [0, 0.05) is 11.8 Å². The molecule has 0 heterocycles. The fourth-order valence-corrected chi connectivity index (χ4v) is 3.10. The van der Waals surface area contributed by atoms with Crippen LogP contribution in [0.15, 0.2) is 12.2 Å². The molecule has 0 aromatic rings. The van der Waals surface area contributed by atoms with Crippen LogP contribution in [0.3, 0.4) is 0 Å². The summed E-state index contributed by atoms with van der Waals surface area (Å²) in [4.78, 5) is -2.50. The van der Waals surface area contributed by atoms with E-state index >= 15 is 0 Å². The van der Waals surface area contributed by atoms with E-state index in [-0.39, 0.29) is 6.42 Å². The molecule has 3 unspecified atom stereocenters. The first-order valence-electron chi connectivity index (χ1n) is 5.72. The first kappa shape index (κ1) is 14.6. The fourth-order valence-electron chi connectivity index (χ4n) is 2.24. The van der Waals surface area contributed by atoms with Crippen molar-refractivity contribution in [2.75, 3.05) is 0 Å². The van der Waals surface area contributed by atoms with Crippen molar-refractivity contribution < 1.29 is 23.2 Å². The summed E-state index contributed by atoms with van der Waals surface area (Å²) in [6.45, 7) is 3.66. The topological polar surface area (TPSA) is 94.8 Å². The van der Waals surface area contributed by atoms with Gasteiger partial charge < -0.3 is 10.2 Å². The van der Waals surface area contributed by atoms with Gasteiger partial charge in [0.05, 0.1) is 0 Å². The molecule has 0 aromatic carbocycles. The standard InChI is InChI=1S/C11H20O5S/c1-3-4-6-10(2)7-5-8-11(13,9(10)12)17(14,15)16/h5,7,9,12-13H,3-4,6,8H2,1-2H3,(H,14,15,16). The predicted molar refractivity (Wildman–Crippen MR) is 63.9 cm³/mol. The maximum Gasteiger partial charge on any atom is 0.298 e. The minimum absolute atomic E-state index is 0.297. The van der Waals surface area contributed by atoms with E-state index in [1.807, 2.05) is 6.92 Å². The molecule has 0 aliphatic heterocycles. The van der Waals surface area contributed by atoms with Crippen molar-refractivity contribution in [3.63, 3.8) is 0 Å². The summed E-state index contributed by atoms with van der Waals surface area (Å²) < 4.78 is 31.4. The van der Waals surface area contributed by atoms with Gasteiger partial charge in [-0.3, -0.25) is 4.55 Å². The number of hydrogen-bond donors (Lipinski definition) is 3. The highest BCUT2D eigenvalue weighted by Crippen LogP contribution is 2.42. The number of aliphatic hydroxyl groups excluding tert-OH is 1. The van der Waals surface area contributed by atoms with Crippen molar-refractivity contribution in [3.8, 4) is 0 Å². The number of unbranched alkanes of at least 4 members (excludes halogenated alkanes) is 1. The molecule has 0 saturated heterocycles. The van der Waals surface area contributed by atoms with Gasteiger partial charge in [0.25, 0.3) is 10.1 Å². The molecule has 0 spiro atoms. The molecular weight excluding hydrogens is 244 g/mol. The highest BCUT2D eigenvalue weighted by molar-refractivity contribution is 7.87. The van der Waals surface area contributed by atoms with Crippen LogP contribution >= 0.6 is 0 Å². The SMILES string of the molecule is CCCCC1(C)C=CCC(O)(S(=O)(=O)O)C1O. The lowest BCUT2D eigenvalue weighted by atomic mass is 9.73. The van der Waals surface area contributed by atoms with Crippen LogP contribution in [-0.2, 0) is 10.1 Å². The highest BCUT2D eigenvalue weighted by atomic mass is 32.2. The summed E-state index contributed by atoms with van der Waals surface area (Å²) in [6.07, 6.45) is 3.65. The third-order valence-corrected chi connectivity index (χ3v) is 4.76. The molecule has 3 atom stereocenters. The lowest BCUT2D eigenvalue weighted by Crippen LogP contribution is -2.57. The van der Waals surface area contributed by atoms with E-state index in [4.69, 9.17) is 4.55 Å². The Balaban J connectivity index is 3.08. The van der Waals surface area contributed by atoms with Crippen molar-refractivity contribution in [1.29, 1.82) is 0 Å². The Labute approximate surface area is 102 Å². The number of rotatable bonds is 4. The van der Waals surface area contributed by atoms with Crippen molar-refractivity contribution in [1.82, 2.24) is 0 Å². The van der Waals surface area contributed by atoms with Crippen molar-refractivity contribution in [2.45, 2.75) is 50.6 Å². The first-order valence-corrected chi connectivity index (χ1v) is 7.16. The summed E-state index contributed by atoms with van der Waals surface area (Å²) in [5, 5.41) is 20.0. The van der Waals surface area contributed by atoms with Crippen LogP contribution in [0.1, 0.15) is 39.5 Å². The van der Waals surface area contributed by atoms with Crippen LogP contribution < -0.4 is 0 Å². The Bertz CT molecular complexity index is 402. The van der Waals surface area contributed by atoms with Crippen LogP contribution in [0.2, 0.25) is 0 Å². The Kier molecular flexibility index (Phi) is 4.03. The normalized spacial score (nSPS) is 38.3. The van der Waals surface area contributed by atoms with Gasteiger partial charge in [0.1, 0.15) is 6.10 Å². The average molecular weight is 264 g/mol. The van der Waals surface area contributed by atoms with E-state index in [0.717, 1.165) is 12.8 Å². The lowest BCUT2D eigenvalue weighted by molar-refractivity contribution is -0.0780. The highest BCUT2D eigenvalue weighted by Gasteiger charge is 2.55. The molecule has 0 radical (unpaired) electrons. The van der Waals surface area contributed by atoms with Crippen LogP contribution in [0.4, 0.5) is 0 Å².